The van der Waals surface area contributed by atoms with Gasteiger partial charge in [0.1, 0.15) is 5.60 Å². The van der Waals surface area contributed by atoms with Gasteiger partial charge >= 0.3 is 5.97 Å². The highest BCUT2D eigenvalue weighted by Crippen LogP contribution is 2.54. The lowest BCUT2D eigenvalue weighted by atomic mass is 9.72. The molecule has 0 heterocycles. The third-order valence-electron chi connectivity index (χ3n) is 7.45. The summed E-state index contributed by atoms with van der Waals surface area (Å²) in [5.41, 5.74) is -0.640. The zero-order chi connectivity index (χ0) is 18.8. The Morgan fingerprint density at radius 2 is 1.80 bits per heavy atom. The minimum absolute atomic E-state index is 0.0533. The Labute approximate surface area is 156 Å². The van der Waals surface area contributed by atoms with Crippen LogP contribution in [0.25, 0.3) is 0 Å². The molecule has 25 heavy (non-hydrogen) atoms. The van der Waals surface area contributed by atoms with Gasteiger partial charge in [0.2, 0.25) is 0 Å². The van der Waals surface area contributed by atoms with Gasteiger partial charge in [0.15, 0.2) is 0 Å². The molecule has 0 aliphatic heterocycles. The predicted molar refractivity (Wildman–Crippen MR) is 105 cm³/mol. The third kappa shape index (κ3) is 4.42. The minimum Gasteiger partial charge on any atom is -0.459 e. The zero-order valence-electron chi connectivity index (χ0n) is 17.9. The van der Waals surface area contributed by atoms with Crippen LogP contribution in [0, 0.1) is 35.0 Å². The fraction of sp³-hybridized carbons (Fsp3) is 0.957. The highest BCUT2D eigenvalue weighted by molar-refractivity contribution is 5.77. The van der Waals surface area contributed by atoms with Crippen LogP contribution in [0.3, 0.4) is 0 Å². The second kappa shape index (κ2) is 8.01. The molecule has 5 unspecified atom stereocenters. The van der Waals surface area contributed by atoms with Crippen LogP contribution in [0.4, 0.5) is 0 Å². The van der Waals surface area contributed by atoms with E-state index in [1.807, 2.05) is 0 Å². The zero-order valence-corrected chi connectivity index (χ0v) is 17.9. The maximum absolute atomic E-state index is 13.4. The normalized spacial score (nSPS) is 30.5. The van der Waals surface area contributed by atoms with E-state index in [-0.39, 0.29) is 17.0 Å². The summed E-state index contributed by atoms with van der Waals surface area (Å²) in [6, 6.07) is 0. The fourth-order valence-corrected chi connectivity index (χ4v) is 5.56. The van der Waals surface area contributed by atoms with Gasteiger partial charge in [-0.2, -0.15) is 0 Å². The minimum atomic E-state index is -0.376. The number of hydrogen-bond donors (Lipinski definition) is 0. The van der Waals surface area contributed by atoms with Crippen LogP contribution in [0.2, 0.25) is 0 Å². The topological polar surface area (TPSA) is 26.3 Å². The van der Waals surface area contributed by atoms with E-state index in [1.54, 1.807) is 0 Å². The third-order valence-corrected chi connectivity index (χ3v) is 7.45. The van der Waals surface area contributed by atoms with Gasteiger partial charge in [0.25, 0.3) is 0 Å². The van der Waals surface area contributed by atoms with Gasteiger partial charge in [-0.25, -0.2) is 0 Å². The van der Waals surface area contributed by atoms with Crippen LogP contribution in [-0.2, 0) is 9.53 Å². The monoisotopic (exact) mass is 350 g/mol. The fourth-order valence-electron chi connectivity index (χ4n) is 5.56. The van der Waals surface area contributed by atoms with Crippen molar-refractivity contribution in [1.29, 1.82) is 0 Å². The first-order chi connectivity index (χ1) is 11.6. The molecule has 0 aromatic carbocycles. The molecule has 0 aromatic heterocycles. The molecule has 5 atom stereocenters. The summed E-state index contributed by atoms with van der Waals surface area (Å²) in [6.07, 6.45) is 9.65. The van der Waals surface area contributed by atoms with Gasteiger partial charge < -0.3 is 4.74 Å². The van der Waals surface area contributed by atoms with Gasteiger partial charge in [-0.1, -0.05) is 47.5 Å². The molecule has 0 saturated heterocycles. The van der Waals surface area contributed by atoms with E-state index in [2.05, 4.69) is 48.5 Å². The highest BCUT2D eigenvalue weighted by atomic mass is 16.6. The Hall–Kier alpha value is -0.530. The highest BCUT2D eigenvalue weighted by Gasteiger charge is 2.51. The summed E-state index contributed by atoms with van der Waals surface area (Å²) in [4.78, 5) is 13.4. The molecule has 2 fully saturated rings. The molecule has 0 radical (unpaired) electrons. The Bertz CT molecular complexity index is 455. The van der Waals surface area contributed by atoms with Crippen molar-refractivity contribution in [2.45, 2.75) is 105 Å². The molecule has 2 bridgehead atoms. The van der Waals surface area contributed by atoms with Gasteiger partial charge in [-0.15, -0.1) is 0 Å². The van der Waals surface area contributed by atoms with E-state index < -0.39 is 0 Å². The lowest BCUT2D eigenvalue weighted by Gasteiger charge is -2.43. The van der Waals surface area contributed by atoms with Crippen molar-refractivity contribution in [3.8, 4) is 0 Å². The molecule has 2 heteroatoms. The number of carbonyl (C=O) groups excluding carboxylic acids is 1. The van der Waals surface area contributed by atoms with Gasteiger partial charge in [0.05, 0.1) is 5.41 Å². The van der Waals surface area contributed by atoms with Crippen LogP contribution >= 0.6 is 0 Å². The summed E-state index contributed by atoms with van der Waals surface area (Å²) < 4.78 is 6.47. The van der Waals surface area contributed by atoms with Crippen LogP contribution < -0.4 is 0 Å². The summed E-state index contributed by atoms with van der Waals surface area (Å²) in [5, 5.41) is 0. The van der Waals surface area contributed by atoms with E-state index >= 15 is 0 Å². The standard InChI is InChI=1S/C23H42O2/c1-8-9-12-23(7,20-14-18-10-11-19(20)13-18)25-21(24)22(6,17(4)5)15-16(2)3/h16-20H,8-15H2,1-7H3. The van der Waals surface area contributed by atoms with Gasteiger partial charge in [0, 0.05) is 5.92 Å². The molecule has 2 aliphatic carbocycles. The Kier molecular flexibility index (Phi) is 6.65. The Morgan fingerprint density at radius 3 is 2.24 bits per heavy atom. The quantitative estimate of drug-likeness (QED) is 0.437. The van der Waals surface area contributed by atoms with Gasteiger partial charge in [-0.3, -0.25) is 4.79 Å². The van der Waals surface area contributed by atoms with E-state index in [0.717, 1.165) is 31.1 Å². The summed E-state index contributed by atoms with van der Waals surface area (Å²) in [6.45, 7) is 15.4. The molecule has 0 N–H and O–H groups in total. The van der Waals surface area contributed by atoms with E-state index in [0.29, 0.717) is 17.8 Å². The van der Waals surface area contributed by atoms with Crippen molar-refractivity contribution < 1.29 is 9.53 Å². The van der Waals surface area contributed by atoms with Crippen molar-refractivity contribution in [1.82, 2.24) is 0 Å². The number of hydrogen-bond acceptors (Lipinski definition) is 2. The van der Waals surface area contributed by atoms with Crippen LogP contribution in [-0.4, -0.2) is 11.6 Å². The SMILES string of the molecule is CCCCC(C)(OC(=O)C(C)(CC(C)C)C(C)C)C1CC2CCC1C2. The Balaban J connectivity index is 2.18. The number of fused-ring (bicyclic) bond motifs is 2. The first-order valence-corrected chi connectivity index (χ1v) is 10.9. The van der Waals surface area contributed by atoms with E-state index in [9.17, 15) is 4.79 Å². The molecule has 2 nitrogen and oxygen atoms in total. The largest absolute Gasteiger partial charge is 0.459 e. The summed E-state index contributed by atoms with van der Waals surface area (Å²) in [5.74, 6) is 3.12. The molecule has 0 aromatic rings. The predicted octanol–water partition coefficient (Wildman–Crippen LogP) is 6.62. The molecule has 0 amide bonds. The molecule has 2 rings (SSSR count). The van der Waals surface area contributed by atoms with Crippen LogP contribution in [0.5, 0.6) is 0 Å². The van der Waals surface area contributed by atoms with Crippen LogP contribution in [0.1, 0.15) is 99.8 Å². The lowest BCUT2D eigenvalue weighted by Crippen LogP contribution is -2.47. The summed E-state index contributed by atoms with van der Waals surface area (Å²) >= 11 is 0. The van der Waals surface area contributed by atoms with E-state index in [1.165, 1.54) is 32.1 Å². The summed E-state index contributed by atoms with van der Waals surface area (Å²) in [7, 11) is 0. The average Bonchev–Trinajstić information content (AvgIpc) is 3.15. The number of unbranched alkanes of at least 4 members (excludes halogenated alkanes) is 1. The second-order valence-electron chi connectivity index (χ2n) is 10.3. The molecular formula is C23H42O2. The van der Waals surface area contributed by atoms with Crippen molar-refractivity contribution in [2.75, 3.05) is 0 Å². The molecule has 2 aliphatic rings. The maximum atomic E-state index is 13.4. The van der Waals surface area contributed by atoms with Crippen molar-refractivity contribution in [3.05, 3.63) is 0 Å². The van der Waals surface area contributed by atoms with Gasteiger partial charge in [-0.05, 0) is 76.0 Å². The first kappa shape index (κ1) is 20.8. The molecular weight excluding hydrogens is 308 g/mol. The van der Waals surface area contributed by atoms with E-state index in [4.69, 9.17) is 4.74 Å². The average molecular weight is 351 g/mol. The first-order valence-electron chi connectivity index (χ1n) is 10.9. The molecule has 146 valence electrons. The van der Waals surface area contributed by atoms with Crippen molar-refractivity contribution in [3.63, 3.8) is 0 Å². The number of carbonyl (C=O) groups is 1. The Morgan fingerprint density at radius 1 is 1.12 bits per heavy atom. The van der Waals surface area contributed by atoms with Crippen molar-refractivity contribution in [2.24, 2.45) is 35.0 Å². The number of esters is 1. The smallest absolute Gasteiger partial charge is 0.312 e. The number of ether oxygens (including phenoxy) is 1. The molecule has 0 spiro atoms. The number of rotatable bonds is 9. The van der Waals surface area contributed by atoms with Crippen molar-refractivity contribution >= 4 is 5.97 Å². The second-order valence-corrected chi connectivity index (χ2v) is 10.3. The molecule has 2 saturated carbocycles. The van der Waals surface area contributed by atoms with Crippen LogP contribution in [0.15, 0.2) is 0 Å². The lowest BCUT2D eigenvalue weighted by molar-refractivity contribution is -0.183. The maximum Gasteiger partial charge on any atom is 0.312 e.